The maximum Gasteiger partial charge on any atom is 0.338 e. The van der Waals surface area contributed by atoms with Crippen molar-refractivity contribution in [3.63, 3.8) is 0 Å². The molecule has 2 atom stereocenters. The first kappa shape index (κ1) is 15.8. The molecule has 0 saturated heterocycles. The fourth-order valence-electron chi connectivity index (χ4n) is 4.72. The summed E-state index contributed by atoms with van der Waals surface area (Å²) in [4.78, 5) is 12.0. The zero-order valence-electron chi connectivity index (χ0n) is 13.3. The summed E-state index contributed by atoms with van der Waals surface area (Å²) in [6.45, 7) is 0.346. The third-order valence-corrected chi connectivity index (χ3v) is 6.53. The largest absolute Gasteiger partial charge is 0.458 e. The van der Waals surface area contributed by atoms with Crippen LogP contribution in [0.15, 0.2) is 40.3 Å². The van der Waals surface area contributed by atoms with E-state index in [1.807, 2.05) is 0 Å². The number of benzene rings is 1. The molecule has 2 unspecified atom stereocenters. The summed E-state index contributed by atoms with van der Waals surface area (Å²) >= 11 is 0. The normalized spacial score (nSPS) is 28.3. The number of allylic oxidation sites excluding steroid dienone is 1. The molecular formula is C18H20O5S. The van der Waals surface area contributed by atoms with E-state index >= 15 is 0 Å². The van der Waals surface area contributed by atoms with Crippen LogP contribution in [0.25, 0.3) is 0 Å². The van der Waals surface area contributed by atoms with Crippen molar-refractivity contribution in [3.05, 3.63) is 41.0 Å². The average molecular weight is 348 g/mol. The predicted octanol–water partition coefficient (Wildman–Crippen LogP) is 3.23. The Morgan fingerprint density at radius 3 is 2.25 bits per heavy atom. The van der Waals surface area contributed by atoms with Crippen molar-refractivity contribution in [2.24, 2.45) is 17.8 Å². The Bertz CT molecular complexity index is 790. The molecule has 5 nitrogen and oxygen atoms in total. The van der Waals surface area contributed by atoms with Gasteiger partial charge in [-0.15, -0.1) is 0 Å². The van der Waals surface area contributed by atoms with Crippen molar-refractivity contribution in [2.45, 2.75) is 37.0 Å². The van der Waals surface area contributed by atoms with Crippen LogP contribution in [0.3, 0.4) is 0 Å². The van der Waals surface area contributed by atoms with Gasteiger partial charge < -0.3 is 4.74 Å². The van der Waals surface area contributed by atoms with Crippen LogP contribution >= 0.6 is 0 Å². The molecule has 24 heavy (non-hydrogen) atoms. The molecule has 5 rings (SSSR count). The molecule has 2 fully saturated rings. The molecule has 4 aliphatic rings. The van der Waals surface area contributed by atoms with E-state index in [0.29, 0.717) is 12.5 Å². The maximum atomic E-state index is 12.2. The van der Waals surface area contributed by atoms with Gasteiger partial charge in [0, 0.05) is 0 Å². The lowest BCUT2D eigenvalue weighted by molar-refractivity contribution is 0.0502. The van der Waals surface area contributed by atoms with Gasteiger partial charge in [0.25, 0.3) is 10.1 Å². The van der Waals surface area contributed by atoms with Crippen LogP contribution in [0.1, 0.15) is 42.5 Å². The second-order valence-electron chi connectivity index (χ2n) is 7.25. The molecular weight excluding hydrogens is 328 g/mol. The molecule has 0 spiro atoms. The molecule has 128 valence electrons. The Morgan fingerprint density at radius 1 is 1.08 bits per heavy atom. The van der Waals surface area contributed by atoms with Gasteiger partial charge in [-0.05, 0) is 79.7 Å². The fraction of sp³-hybridized carbons (Fsp3) is 0.500. The standard InChI is InChI=1S/C18H20O5S/c19-18(13-1-3-16(4-2-13)24(20,21)22)23-10-17-14-6-11-5-12(8-14)9-15(17)7-11/h1-4,11-12,14H,5-10H2,(H,20,21,22). The topological polar surface area (TPSA) is 80.7 Å². The summed E-state index contributed by atoms with van der Waals surface area (Å²) < 4.78 is 36.5. The Morgan fingerprint density at radius 2 is 1.71 bits per heavy atom. The van der Waals surface area contributed by atoms with Gasteiger partial charge in [-0.2, -0.15) is 8.42 Å². The lowest BCUT2D eigenvalue weighted by Crippen LogP contribution is -2.36. The number of hydrogen-bond donors (Lipinski definition) is 1. The second-order valence-corrected chi connectivity index (χ2v) is 8.67. The van der Waals surface area contributed by atoms with Crippen LogP contribution < -0.4 is 0 Å². The highest BCUT2D eigenvalue weighted by Gasteiger charge is 2.41. The van der Waals surface area contributed by atoms with Gasteiger partial charge >= 0.3 is 5.97 Å². The first-order valence-electron chi connectivity index (χ1n) is 8.35. The van der Waals surface area contributed by atoms with Crippen LogP contribution in [0.4, 0.5) is 0 Å². The van der Waals surface area contributed by atoms with E-state index in [0.717, 1.165) is 11.8 Å². The van der Waals surface area contributed by atoms with Crippen molar-refractivity contribution in [1.29, 1.82) is 0 Å². The van der Waals surface area contributed by atoms with Crippen molar-refractivity contribution in [2.75, 3.05) is 6.61 Å². The lowest BCUT2D eigenvalue weighted by Gasteiger charge is -2.47. The Hall–Kier alpha value is -1.66. The number of carbonyl (C=O) groups is 1. The predicted molar refractivity (Wildman–Crippen MR) is 87.1 cm³/mol. The minimum absolute atomic E-state index is 0.231. The minimum atomic E-state index is -4.25. The van der Waals surface area contributed by atoms with E-state index in [1.165, 1.54) is 67.5 Å². The number of hydrogen-bond acceptors (Lipinski definition) is 4. The van der Waals surface area contributed by atoms with E-state index in [9.17, 15) is 13.2 Å². The Balaban J connectivity index is 1.44. The molecule has 0 radical (unpaired) electrons. The van der Waals surface area contributed by atoms with Crippen molar-refractivity contribution < 1.29 is 22.5 Å². The zero-order chi connectivity index (χ0) is 16.9. The summed E-state index contributed by atoms with van der Waals surface area (Å²) in [5.41, 5.74) is 3.12. The summed E-state index contributed by atoms with van der Waals surface area (Å²) in [6.07, 6.45) is 6.17. The van der Waals surface area contributed by atoms with Gasteiger partial charge in [0.1, 0.15) is 6.61 Å². The summed E-state index contributed by atoms with van der Waals surface area (Å²) in [7, 11) is -4.25. The molecule has 0 aromatic heterocycles. The first-order chi connectivity index (χ1) is 11.4. The molecule has 1 N–H and O–H groups in total. The van der Waals surface area contributed by atoms with Crippen LogP contribution in [-0.4, -0.2) is 25.5 Å². The fourth-order valence-corrected chi connectivity index (χ4v) is 5.20. The summed E-state index contributed by atoms with van der Waals surface area (Å²) in [5.74, 6) is 1.80. The molecule has 2 saturated carbocycles. The molecule has 1 aromatic rings. The van der Waals surface area contributed by atoms with Gasteiger partial charge in [-0.3, -0.25) is 4.55 Å². The highest BCUT2D eigenvalue weighted by Crippen LogP contribution is 2.53. The van der Waals surface area contributed by atoms with Gasteiger partial charge in [0.05, 0.1) is 10.5 Å². The van der Waals surface area contributed by atoms with Crippen molar-refractivity contribution in [1.82, 2.24) is 0 Å². The van der Waals surface area contributed by atoms with Crippen molar-refractivity contribution >= 4 is 16.1 Å². The molecule has 1 aromatic carbocycles. The highest BCUT2D eigenvalue weighted by molar-refractivity contribution is 7.85. The number of ether oxygens (including phenoxy) is 1. The average Bonchev–Trinajstić information content (AvgIpc) is 2.52. The first-order valence-corrected chi connectivity index (χ1v) is 9.79. The molecule has 6 heteroatoms. The number of carbonyl (C=O) groups excluding carboxylic acids is 1. The molecule has 4 bridgehead atoms. The van der Waals surface area contributed by atoms with Crippen LogP contribution in [0, 0.1) is 17.8 Å². The quantitative estimate of drug-likeness (QED) is 0.513. The SMILES string of the molecule is O=C(OCC1=C2CC3CC(C2)CC1C3)c1ccc(S(=O)(=O)O)cc1. The van der Waals surface area contributed by atoms with E-state index in [2.05, 4.69) is 0 Å². The molecule has 0 amide bonds. The van der Waals surface area contributed by atoms with Gasteiger partial charge in [0.2, 0.25) is 0 Å². The zero-order valence-corrected chi connectivity index (χ0v) is 14.1. The third-order valence-electron chi connectivity index (χ3n) is 5.67. The van der Waals surface area contributed by atoms with E-state index in [4.69, 9.17) is 9.29 Å². The third kappa shape index (κ3) is 2.89. The van der Waals surface area contributed by atoms with Crippen molar-refractivity contribution in [3.8, 4) is 0 Å². The Labute approximate surface area is 141 Å². The number of esters is 1. The summed E-state index contributed by atoms with van der Waals surface area (Å²) in [6, 6.07) is 5.13. The minimum Gasteiger partial charge on any atom is -0.458 e. The molecule has 0 heterocycles. The van der Waals surface area contributed by atoms with E-state index in [-0.39, 0.29) is 10.5 Å². The van der Waals surface area contributed by atoms with Crippen LogP contribution in [0.2, 0.25) is 0 Å². The van der Waals surface area contributed by atoms with Crippen LogP contribution in [0.5, 0.6) is 0 Å². The van der Waals surface area contributed by atoms with Crippen LogP contribution in [-0.2, 0) is 14.9 Å². The smallest absolute Gasteiger partial charge is 0.338 e. The monoisotopic (exact) mass is 348 g/mol. The molecule has 0 aliphatic heterocycles. The van der Waals surface area contributed by atoms with E-state index < -0.39 is 16.1 Å². The summed E-state index contributed by atoms with van der Waals surface area (Å²) in [5, 5.41) is 0. The van der Waals surface area contributed by atoms with E-state index in [1.54, 1.807) is 0 Å². The van der Waals surface area contributed by atoms with Gasteiger partial charge in [-0.25, -0.2) is 4.79 Å². The maximum absolute atomic E-state index is 12.2. The highest BCUT2D eigenvalue weighted by atomic mass is 32.2. The molecule has 4 aliphatic carbocycles. The Kier molecular flexibility index (Phi) is 3.77. The number of rotatable bonds is 4. The van der Waals surface area contributed by atoms with Gasteiger partial charge in [0.15, 0.2) is 0 Å². The van der Waals surface area contributed by atoms with Gasteiger partial charge in [-0.1, -0.05) is 5.57 Å². The second kappa shape index (κ2) is 5.70. The lowest BCUT2D eigenvalue weighted by atomic mass is 9.58.